The van der Waals surface area contributed by atoms with Gasteiger partial charge in [0.05, 0.1) is 7.11 Å². The smallest absolute Gasteiger partial charge is 0.433 e. The summed E-state index contributed by atoms with van der Waals surface area (Å²) >= 11 is 0. The van der Waals surface area contributed by atoms with Crippen LogP contribution in [0.5, 0.6) is 5.88 Å². The lowest BCUT2D eigenvalue weighted by atomic mass is 10.1. The predicted molar refractivity (Wildman–Crippen MR) is 58.3 cm³/mol. The SMILES string of the molecule is COc1cc(C(F)(F)F)nc(CC2CCCN2)n1. The average molecular weight is 261 g/mol. The van der Waals surface area contributed by atoms with Crippen molar-refractivity contribution >= 4 is 0 Å². The first kappa shape index (κ1) is 13.1. The van der Waals surface area contributed by atoms with Gasteiger partial charge in [0.15, 0.2) is 5.69 Å². The third-order valence-electron chi connectivity index (χ3n) is 2.84. The van der Waals surface area contributed by atoms with Gasteiger partial charge in [-0.2, -0.15) is 18.2 Å². The number of hydrogen-bond donors (Lipinski definition) is 1. The van der Waals surface area contributed by atoms with Gasteiger partial charge in [0.25, 0.3) is 0 Å². The zero-order valence-corrected chi connectivity index (χ0v) is 9.92. The predicted octanol–water partition coefficient (Wildman–Crippen LogP) is 1.80. The maximum absolute atomic E-state index is 12.6. The lowest BCUT2D eigenvalue weighted by Gasteiger charge is -2.12. The minimum atomic E-state index is -4.48. The number of nitrogens with one attached hydrogen (secondary N) is 1. The van der Waals surface area contributed by atoms with Crippen LogP contribution in [-0.2, 0) is 12.6 Å². The van der Waals surface area contributed by atoms with Gasteiger partial charge in [0, 0.05) is 18.5 Å². The van der Waals surface area contributed by atoms with Crippen molar-refractivity contribution in [2.24, 2.45) is 0 Å². The lowest BCUT2D eigenvalue weighted by Crippen LogP contribution is -2.25. The van der Waals surface area contributed by atoms with Crippen molar-refractivity contribution in [3.05, 3.63) is 17.6 Å². The molecular formula is C11H14F3N3O. The summed E-state index contributed by atoms with van der Waals surface area (Å²) in [7, 11) is 1.29. The first-order chi connectivity index (χ1) is 8.49. The number of alkyl halides is 3. The molecule has 1 atom stereocenters. The molecule has 1 aromatic rings. The van der Waals surface area contributed by atoms with Gasteiger partial charge in [0.2, 0.25) is 5.88 Å². The second kappa shape index (κ2) is 5.09. The van der Waals surface area contributed by atoms with Crippen molar-refractivity contribution in [1.29, 1.82) is 0 Å². The summed E-state index contributed by atoms with van der Waals surface area (Å²) in [5.74, 6) is 0.117. The Morgan fingerprint density at radius 2 is 2.22 bits per heavy atom. The van der Waals surface area contributed by atoms with Crippen LogP contribution in [0.25, 0.3) is 0 Å². The summed E-state index contributed by atoms with van der Waals surface area (Å²) in [5.41, 5.74) is -0.956. The summed E-state index contributed by atoms with van der Waals surface area (Å²) in [5, 5.41) is 3.20. The maximum atomic E-state index is 12.6. The minimum absolute atomic E-state index is 0.0506. The molecule has 1 saturated heterocycles. The van der Waals surface area contributed by atoms with Gasteiger partial charge in [-0.05, 0) is 19.4 Å². The van der Waals surface area contributed by atoms with Gasteiger partial charge < -0.3 is 10.1 Å². The molecule has 0 saturated carbocycles. The molecule has 1 aliphatic heterocycles. The number of methoxy groups -OCH3 is 1. The molecule has 1 N–H and O–H groups in total. The quantitative estimate of drug-likeness (QED) is 0.901. The molecule has 0 amide bonds. The fourth-order valence-electron chi connectivity index (χ4n) is 1.97. The number of nitrogens with zero attached hydrogens (tertiary/aromatic N) is 2. The van der Waals surface area contributed by atoms with Crippen LogP contribution in [0.4, 0.5) is 13.2 Å². The topological polar surface area (TPSA) is 47.0 Å². The largest absolute Gasteiger partial charge is 0.481 e. The number of ether oxygens (including phenoxy) is 1. The Labute approximate surface area is 103 Å². The summed E-state index contributed by atoms with van der Waals surface area (Å²) < 4.78 is 42.7. The number of hydrogen-bond acceptors (Lipinski definition) is 4. The summed E-state index contributed by atoms with van der Waals surface area (Å²) in [6.45, 7) is 0.890. The van der Waals surface area contributed by atoms with Crippen LogP contribution in [0, 0.1) is 0 Å². The second-order valence-corrected chi connectivity index (χ2v) is 4.21. The van der Waals surface area contributed by atoms with E-state index in [4.69, 9.17) is 4.74 Å². The molecule has 18 heavy (non-hydrogen) atoms. The molecule has 1 unspecified atom stereocenters. The molecule has 0 aliphatic carbocycles. The number of aromatic nitrogens is 2. The number of halogens is 3. The Morgan fingerprint density at radius 1 is 1.44 bits per heavy atom. The van der Waals surface area contributed by atoms with Crippen molar-refractivity contribution in [2.75, 3.05) is 13.7 Å². The first-order valence-electron chi connectivity index (χ1n) is 5.71. The van der Waals surface area contributed by atoms with Crippen molar-refractivity contribution in [1.82, 2.24) is 15.3 Å². The highest BCUT2D eigenvalue weighted by atomic mass is 19.4. The van der Waals surface area contributed by atoms with Crippen LogP contribution in [0.1, 0.15) is 24.4 Å². The van der Waals surface area contributed by atoms with Crippen LogP contribution in [0.3, 0.4) is 0 Å². The molecule has 0 aromatic carbocycles. The van der Waals surface area contributed by atoms with E-state index in [1.54, 1.807) is 0 Å². The molecule has 2 heterocycles. The third kappa shape index (κ3) is 3.10. The fourth-order valence-corrected chi connectivity index (χ4v) is 1.97. The zero-order valence-electron chi connectivity index (χ0n) is 9.92. The first-order valence-corrected chi connectivity index (χ1v) is 5.71. The van der Waals surface area contributed by atoms with Gasteiger partial charge in [-0.3, -0.25) is 0 Å². The average Bonchev–Trinajstić information content (AvgIpc) is 2.80. The van der Waals surface area contributed by atoms with E-state index in [9.17, 15) is 13.2 Å². The molecular weight excluding hydrogens is 247 g/mol. The second-order valence-electron chi connectivity index (χ2n) is 4.21. The molecule has 1 aromatic heterocycles. The molecule has 0 bridgehead atoms. The zero-order chi connectivity index (χ0) is 13.2. The van der Waals surface area contributed by atoms with Gasteiger partial charge in [0.1, 0.15) is 5.82 Å². The van der Waals surface area contributed by atoms with Crippen molar-refractivity contribution < 1.29 is 17.9 Å². The molecule has 1 aliphatic rings. The molecule has 0 spiro atoms. The van der Waals surface area contributed by atoms with Gasteiger partial charge >= 0.3 is 6.18 Å². The van der Waals surface area contributed by atoms with Crippen molar-refractivity contribution in [3.63, 3.8) is 0 Å². The highest BCUT2D eigenvalue weighted by molar-refractivity contribution is 5.19. The normalized spacial score (nSPS) is 20.1. The van der Waals surface area contributed by atoms with Crippen molar-refractivity contribution in [3.8, 4) is 5.88 Å². The monoisotopic (exact) mass is 261 g/mol. The van der Waals surface area contributed by atoms with Crippen LogP contribution in [0.2, 0.25) is 0 Å². The lowest BCUT2D eigenvalue weighted by molar-refractivity contribution is -0.141. The van der Waals surface area contributed by atoms with E-state index in [-0.39, 0.29) is 17.7 Å². The molecule has 7 heteroatoms. The fraction of sp³-hybridized carbons (Fsp3) is 0.636. The van der Waals surface area contributed by atoms with Crippen LogP contribution < -0.4 is 10.1 Å². The van der Waals surface area contributed by atoms with E-state index in [0.29, 0.717) is 6.42 Å². The molecule has 100 valence electrons. The Morgan fingerprint density at radius 3 is 2.78 bits per heavy atom. The van der Waals surface area contributed by atoms with Gasteiger partial charge in [-0.1, -0.05) is 0 Å². The van der Waals surface area contributed by atoms with Crippen molar-refractivity contribution in [2.45, 2.75) is 31.5 Å². The molecule has 4 nitrogen and oxygen atoms in total. The van der Waals surface area contributed by atoms with Crippen LogP contribution >= 0.6 is 0 Å². The minimum Gasteiger partial charge on any atom is -0.481 e. The highest BCUT2D eigenvalue weighted by Crippen LogP contribution is 2.29. The summed E-state index contributed by atoms with van der Waals surface area (Å²) in [6, 6.07) is 0.962. The Hall–Kier alpha value is -1.37. The standard InChI is InChI=1S/C11H14F3N3O/c1-18-10-6-8(11(12,13)14)16-9(17-10)5-7-3-2-4-15-7/h6-7,15H,2-5H2,1H3. The highest BCUT2D eigenvalue weighted by Gasteiger charge is 2.34. The molecule has 2 rings (SSSR count). The Balaban J connectivity index is 2.23. The van der Waals surface area contributed by atoms with Gasteiger partial charge in [-0.25, -0.2) is 4.98 Å². The summed E-state index contributed by atoms with van der Waals surface area (Å²) in [4.78, 5) is 7.52. The van der Waals surface area contributed by atoms with Gasteiger partial charge in [-0.15, -0.1) is 0 Å². The maximum Gasteiger partial charge on any atom is 0.433 e. The third-order valence-corrected chi connectivity index (χ3v) is 2.84. The van der Waals surface area contributed by atoms with E-state index in [1.807, 2.05) is 0 Å². The van der Waals surface area contributed by atoms with E-state index in [2.05, 4.69) is 15.3 Å². The summed E-state index contributed by atoms with van der Waals surface area (Å²) in [6.07, 6.45) is -2.13. The van der Waals surface area contributed by atoms with E-state index < -0.39 is 11.9 Å². The van der Waals surface area contributed by atoms with Crippen LogP contribution in [0.15, 0.2) is 6.07 Å². The molecule has 1 fully saturated rings. The number of rotatable bonds is 3. The van der Waals surface area contributed by atoms with E-state index in [0.717, 1.165) is 25.5 Å². The Kier molecular flexibility index (Phi) is 3.70. The molecule has 0 radical (unpaired) electrons. The Bertz CT molecular complexity index is 416. The van der Waals surface area contributed by atoms with Crippen LogP contribution in [-0.4, -0.2) is 29.7 Å². The van der Waals surface area contributed by atoms with E-state index >= 15 is 0 Å². The van der Waals surface area contributed by atoms with E-state index in [1.165, 1.54) is 7.11 Å².